The standard InChI is InChI=1S/C13H20N2O2/c1-5-7-14-13(17)12-9(3)15(4)11(8-16)10(12)6-2/h8H,5-7H2,1-4H3,(H,14,17). The summed E-state index contributed by atoms with van der Waals surface area (Å²) >= 11 is 0. The van der Waals surface area contributed by atoms with Gasteiger partial charge in [0.2, 0.25) is 0 Å². The number of aldehydes is 1. The van der Waals surface area contributed by atoms with Crippen LogP contribution < -0.4 is 5.32 Å². The highest BCUT2D eigenvalue weighted by Gasteiger charge is 2.21. The van der Waals surface area contributed by atoms with Crippen molar-refractivity contribution in [3.63, 3.8) is 0 Å². The summed E-state index contributed by atoms with van der Waals surface area (Å²) in [6.45, 7) is 6.49. The number of carbonyl (C=O) groups excluding carboxylic acids is 2. The minimum absolute atomic E-state index is 0.0788. The molecule has 94 valence electrons. The molecule has 0 aromatic carbocycles. The lowest BCUT2D eigenvalue weighted by Crippen LogP contribution is -2.25. The van der Waals surface area contributed by atoms with Gasteiger partial charge in [-0.05, 0) is 25.3 Å². The van der Waals surface area contributed by atoms with Gasteiger partial charge in [0.05, 0.1) is 11.3 Å². The molecule has 4 nitrogen and oxygen atoms in total. The number of nitrogens with one attached hydrogen (secondary N) is 1. The van der Waals surface area contributed by atoms with Gasteiger partial charge in [-0.3, -0.25) is 9.59 Å². The molecule has 1 heterocycles. The molecule has 4 heteroatoms. The topological polar surface area (TPSA) is 51.1 Å². The van der Waals surface area contributed by atoms with Crippen molar-refractivity contribution in [3.8, 4) is 0 Å². The molecule has 0 radical (unpaired) electrons. The normalized spacial score (nSPS) is 10.4. The van der Waals surface area contributed by atoms with Crippen LogP contribution in [0.15, 0.2) is 0 Å². The molecule has 1 rings (SSSR count). The molecule has 0 saturated heterocycles. The molecule has 17 heavy (non-hydrogen) atoms. The van der Waals surface area contributed by atoms with Crippen LogP contribution in [-0.2, 0) is 13.5 Å². The van der Waals surface area contributed by atoms with Gasteiger partial charge in [0.15, 0.2) is 6.29 Å². The van der Waals surface area contributed by atoms with Crippen LogP contribution in [0.4, 0.5) is 0 Å². The quantitative estimate of drug-likeness (QED) is 0.793. The predicted molar refractivity (Wildman–Crippen MR) is 67.5 cm³/mol. The molecule has 0 saturated carbocycles. The lowest BCUT2D eigenvalue weighted by Gasteiger charge is -2.05. The van der Waals surface area contributed by atoms with E-state index >= 15 is 0 Å². The molecule has 1 aromatic rings. The zero-order chi connectivity index (χ0) is 13.0. The van der Waals surface area contributed by atoms with Crippen LogP contribution in [0.5, 0.6) is 0 Å². The van der Waals surface area contributed by atoms with Gasteiger partial charge in [0.1, 0.15) is 0 Å². The summed E-state index contributed by atoms with van der Waals surface area (Å²) < 4.78 is 1.78. The molecular weight excluding hydrogens is 216 g/mol. The van der Waals surface area contributed by atoms with Crippen LogP contribution in [0.2, 0.25) is 0 Å². The molecule has 0 aliphatic rings. The largest absolute Gasteiger partial charge is 0.352 e. The van der Waals surface area contributed by atoms with Crippen LogP contribution in [-0.4, -0.2) is 23.3 Å². The van der Waals surface area contributed by atoms with Crippen molar-refractivity contribution >= 4 is 12.2 Å². The lowest BCUT2D eigenvalue weighted by molar-refractivity contribution is 0.0952. The molecule has 0 fully saturated rings. The van der Waals surface area contributed by atoms with E-state index in [2.05, 4.69) is 5.32 Å². The zero-order valence-electron chi connectivity index (χ0n) is 11.0. The van der Waals surface area contributed by atoms with Crippen LogP contribution in [0.25, 0.3) is 0 Å². The van der Waals surface area contributed by atoms with Gasteiger partial charge in [0.25, 0.3) is 5.91 Å². The minimum atomic E-state index is -0.0788. The van der Waals surface area contributed by atoms with E-state index in [9.17, 15) is 9.59 Å². The maximum Gasteiger partial charge on any atom is 0.253 e. The van der Waals surface area contributed by atoms with Gasteiger partial charge in [-0.1, -0.05) is 13.8 Å². The Hall–Kier alpha value is -1.58. The van der Waals surface area contributed by atoms with E-state index in [0.717, 1.165) is 24.0 Å². The Morgan fingerprint density at radius 1 is 1.41 bits per heavy atom. The van der Waals surface area contributed by atoms with Gasteiger partial charge >= 0.3 is 0 Å². The third-order valence-electron chi connectivity index (χ3n) is 3.07. The van der Waals surface area contributed by atoms with Gasteiger partial charge in [-0.2, -0.15) is 0 Å². The number of hydrogen-bond acceptors (Lipinski definition) is 2. The van der Waals surface area contributed by atoms with Crippen LogP contribution in [0.1, 0.15) is 52.4 Å². The van der Waals surface area contributed by atoms with Crippen molar-refractivity contribution in [2.75, 3.05) is 6.54 Å². The molecule has 0 unspecified atom stereocenters. The molecular formula is C13H20N2O2. The third kappa shape index (κ3) is 2.40. The van der Waals surface area contributed by atoms with E-state index in [0.29, 0.717) is 24.2 Å². The highest BCUT2D eigenvalue weighted by Crippen LogP contribution is 2.21. The van der Waals surface area contributed by atoms with E-state index in [4.69, 9.17) is 0 Å². The summed E-state index contributed by atoms with van der Waals surface area (Å²) in [6, 6.07) is 0. The molecule has 0 atom stereocenters. The number of amides is 1. The summed E-state index contributed by atoms with van der Waals surface area (Å²) in [5, 5.41) is 2.86. The maximum atomic E-state index is 12.0. The molecule has 0 aliphatic heterocycles. The first-order chi connectivity index (χ1) is 8.08. The second-order valence-corrected chi connectivity index (χ2v) is 4.11. The first-order valence-corrected chi connectivity index (χ1v) is 5.99. The van der Waals surface area contributed by atoms with Crippen molar-refractivity contribution in [3.05, 3.63) is 22.5 Å². The highest BCUT2D eigenvalue weighted by atomic mass is 16.1. The second kappa shape index (κ2) is 5.66. The third-order valence-corrected chi connectivity index (χ3v) is 3.07. The Morgan fingerprint density at radius 2 is 2.06 bits per heavy atom. The average molecular weight is 236 g/mol. The van der Waals surface area contributed by atoms with E-state index < -0.39 is 0 Å². The fourth-order valence-electron chi connectivity index (χ4n) is 2.03. The van der Waals surface area contributed by atoms with Gasteiger partial charge < -0.3 is 9.88 Å². The van der Waals surface area contributed by atoms with Gasteiger partial charge in [0, 0.05) is 19.3 Å². The first kappa shape index (κ1) is 13.5. The number of rotatable bonds is 5. The first-order valence-electron chi connectivity index (χ1n) is 5.99. The summed E-state index contributed by atoms with van der Waals surface area (Å²) in [5.41, 5.74) is 2.95. The number of nitrogens with zero attached hydrogens (tertiary/aromatic N) is 1. The number of hydrogen-bond donors (Lipinski definition) is 1. The fourth-order valence-corrected chi connectivity index (χ4v) is 2.03. The van der Waals surface area contributed by atoms with Crippen LogP contribution in [0, 0.1) is 6.92 Å². The maximum absolute atomic E-state index is 12.0. The summed E-state index contributed by atoms with van der Waals surface area (Å²) in [5.74, 6) is -0.0788. The van der Waals surface area contributed by atoms with Gasteiger partial charge in [-0.25, -0.2) is 0 Å². The van der Waals surface area contributed by atoms with Crippen molar-refractivity contribution < 1.29 is 9.59 Å². The summed E-state index contributed by atoms with van der Waals surface area (Å²) in [6.07, 6.45) is 2.41. The van der Waals surface area contributed by atoms with E-state index in [1.54, 1.807) is 4.57 Å². The Morgan fingerprint density at radius 3 is 2.53 bits per heavy atom. The Bertz CT molecular complexity index is 433. The Labute approximate surface area is 102 Å². The average Bonchev–Trinajstić information content (AvgIpc) is 2.58. The van der Waals surface area contributed by atoms with Crippen LogP contribution in [0.3, 0.4) is 0 Å². The van der Waals surface area contributed by atoms with Crippen molar-refractivity contribution in [1.29, 1.82) is 0 Å². The predicted octanol–water partition coefficient (Wildman–Crippen LogP) is 1.85. The second-order valence-electron chi connectivity index (χ2n) is 4.11. The van der Waals surface area contributed by atoms with Crippen molar-refractivity contribution in [2.45, 2.75) is 33.6 Å². The molecule has 0 spiro atoms. The monoisotopic (exact) mass is 236 g/mol. The SMILES string of the molecule is CCCNC(=O)c1c(CC)c(C=O)n(C)c1C. The molecule has 1 N–H and O–H groups in total. The number of aromatic nitrogens is 1. The van der Waals surface area contributed by atoms with E-state index in [1.165, 1.54) is 0 Å². The molecule has 1 aromatic heterocycles. The van der Waals surface area contributed by atoms with E-state index in [1.807, 2.05) is 27.8 Å². The smallest absolute Gasteiger partial charge is 0.253 e. The minimum Gasteiger partial charge on any atom is -0.352 e. The molecule has 0 bridgehead atoms. The summed E-state index contributed by atoms with van der Waals surface area (Å²) in [4.78, 5) is 23.1. The lowest BCUT2D eigenvalue weighted by atomic mass is 10.1. The van der Waals surface area contributed by atoms with Gasteiger partial charge in [-0.15, -0.1) is 0 Å². The number of carbonyl (C=O) groups is 2. The fraction of sp³-hybridized carbons (Fsp3) is 0.538. The summed E-state index contributed by atoms with van der Waals surface area (Å²) in [7, 11) is 1.81. The van der Waals surface area contributed by atoms with Crippen molar-refractivity contribution in [1.82, 2.24) is 9.88 Å². The molecule has 1 amide bonds. The zero-order valence-corrected chi connectivity index (χ0v) is 11.0. The Balaban J connectivity index is 3.22. The Kier molecular flexibility index (Phi) is 4.49. The molecule has 0 aliphatic carbocycles. The van der Waals surface area contributed by atoms with E-state index in [-0.39, 0.29) is 5.91 Å². The van der Waals surface area contributed by atoms with Crippen LogP contribution >= 0.6 is 0 Å². The van der Waals surface area contributed by atoms with Crippen molar-refractivity contribution in [2.24, 2.45) is 7.05 Å². The highest BCUT2D eigenvalue weighted by molar-refractivity contribution is 5.99.